The number of hydrogen-bond acceptors (Lipinski definition) is 0. The molecule has 0 bridgehead atoms. The van der Waals surface area contributed by atoms with Gasteiger partial charge in [-0.05, 0) is 41.2 Å². The van der Waals surface area contributed by atoms with Crippen LogP contribution in [0.1, 0.15) is 50.7 Å². The number of aryl methyl sites for hydroxylation is 2. The second-order valence-electron chi connectivity index (χ2n) is 5.14. The van der Waals surface area contributed by atoms with Crippen molar-refractivity contribution < 1.29 is 0 Å². The lowest BCUT2D eigenvalue weighted by molar-refractivity contribution is 0.719. The lowest BCUT2D eigenvalue weighted by Crippen LogP contribution is -1.92. The third-order valence-corrected chi connectivity index (χ3v) is 3.67. The first kappa shape index (κ1) is 13.1. The summed E-state index contributed by atoms with van der Waals surface area (Å²) in [6, 6.07) is 13.6. The first-order valence-electron chi connectivity index (χ1n) is 7.36. The molecule has 0 amide bonds. The van der Waals surface area contributed by atoms with Gasteiger partial charge in [-0.2, -0.15) is 0 Å². The molecule has 0 nitrogen and oxygen atoms in total. The average Bonchev–Trinajstić information content (AvgIpc) is 2.41. The molecule has 0 radical (unpaired) electrons. The predicted octanol–water partition coefficient (Wildman–Crippen LogP) is 5.53. The zero-order valence-electron chi connectivity index (χ0n) is 11.7. The van der Waals surface area contributed by atoms with Crippen LogP contribution in [0.3, 0.4) is 0 Å². The molecule has 0 heterocycles. The zero-order valence-corrected chi connectivity index (χ0v) is 11.7. The lowest BCUT2D eigenvalue weighted by atomic mass is 9.94. The number of unbranched alkanes of at least 4 members (excludes halogenated alkanes) is 2. The fraction of sp³-hybridized carbons (Fsp3) is 0.444. The molecular formula is C18H24. The van der Waals surface area contributed by atoms with Gasteiger partial charge in [0, 0.05) is 0 Å². The highest BCUT2D eigenvalue weighted by Crippen LogP contribution is 2.25. The molecule has 0 aliphatic heterocycles. The molecule has 0 aliphatic carbocycles. The SMILES string of the molecule is CCCCCc1ccc(CCC)c2ccccc12. The van der Waals surface area contributed by atoms with Crippen molar-refractivity contribution in [2.75, 3.05) is 0 Å². The van der Waals surface area contributed by atoms with E-state index in [1.54, 1.807) is 0 Å². The van der Waals surface area contributed by atoms with Gasteiger partial charge in [0.25, 0.3) is 0 Å². The van der Waals surface area contributed by atoms with Gasteiger partial charge in [-0.25, -0.2) is 0 Å². The van der Waals surface area contributed by atoms with E-state index in [1.807, 2.05) is 0 Å². The standard InChI is InChI=1S/C18H24/c1-3-5-6-10-16-14-13-15(9-4-2)17-11-7-8-12-18(16)17/h7-8,11-14H,3-6,9-10H2,1-2H3. The van der Waals surface area contributed by atoms with Crippen LogP contribution in [0.15, 0.2) is 36.4 Å². The number of rotatable bonds is 6. The maximum atomic E-state index is 2.35. The van der Waals surface area contributed by atoms with Crippen LogP contribution in [-0.4, -0.2) is 0 Å². The van der Waals surface area contributed by atoms with Crippen LogP contribution < -0.4 is 0 Å². The van der Waals surface area contributed by atoms with Crippen molar-refractivity contribution in [1.82, 2.24) is 0 Å². The molecule has 0 saturated carbocycles. The minimum Gasteiger partial charge on any atom is -0.0654 e. The molecular weight excluding hydrogens is 216 g/mol. The van der Waals surface area contributed by atoms with Gasteiger partial charge in [-0.3, -0.25) is 0 Å². The van der Waals surface area contributed by atoms with E-state index in [2.05, 4.69) is 50.2 Å². The Kier molecular flexibility index (Phi) is 4.81. The molecule has 96 valence electrons. The maximum Gasteiger partial charge on any atom is -0.0149 e. The third kappa shape index (κ3) is 2.93. The minimum absolute atomic E-state index is 1.19. The fourth-order valence-electron chi connectivity index (χ4n) is 2.69. The Morgan fingerprint density at radius 1 is 0.667 bits per heavy atom. The summed E-state index contributed by atoms with van der Waals surface area (Å²) in [5, 5.41) is 2.94. The predicted molar refractivity (Wildman–Crippen MR) is 81.2 cm³/mol. The Bertz CT molecular complexity index is 496. The monoisotopic (exact) mass is 240 g/mol. The van der Waals surface area contributed by atoms with E-state index in [1.165, 1.54) is 60.4 Å². The number of hydrogen-bond donors (Lipinski definition) is 0. The van der Waals surface area contributed by atoms with Gasteiger partial charge in [0.05, 0.1) is 0 Å². The molecule has 2 aromatic carbocycles. The lowest BCUT2D eigenvalue weighted by Gasteiger charge is -2.10. The highest BCUT2D eigenvalue weighted by atomic mass is 14.1. The van der Waals surface area contributed by atoms with E-state index < -0.39 is 0 Å². The van der Waals surface area contributed by atoms with Crippen LogP contribution in [0.4, 0.5) is 0 Å². The number of benzene rings is 2. The van der Waals surface area contributed by atoms with Gasteiger partial charge in [0.15, 0.2) is 0 Å². The van der Waals surface area contributed by atoms with Gasteiger partial charge in [0.2, 0.25) is 0 Å². The number of fused-ring (bicyclic) bond motifs is 1. The van der Waals surface area contributed by atoms with E-state index >= 15 is 0 Å². The molecule has 2 aromatic rings. The van der Waals surface area contributed by atoms with E-state index in [4.69, 9.17) is 0 Å². The van der Waals surface area contributed by atoms with Crippen molar-refractivity contribution in [3.05, 3.63) is 47.5 Å². The van der Waals surface area contributed by atoms with E-state index in [0.29, 0.717) is 0 Å². The summed E-state index contributed by atoms with van der Waals surface area (Å²) in [6.07, 6.45) is 7.58. The van der Waals surface area contributed by atoms with Gasteiger partial charge in [0.1, 0.15) is 0 Å². The highest BCUT2D eigenvalue weighted by molar-refractivity contribution is 5.88. The molecule has 0 saturated heterocycles. The minimum atomic E-state index is 1.19. The van der Waals surface area contributed by atoms with Crippen molar-refractivity contribution in [1.29, 1.82) is 0 Å². The van der Waals surface area contributed by atoms with E-state index in [9.17, 15) is 0 Å². The van der Waals surface area contributed by atoms with Crippen LogP contribution in [0.25, 0.3) is 10.8 Å². The molecule has 0 N–H and O–H groups in total. The van der Waals surface area contributed by atoms with Gasteiger partial charge < -0.3 is 0 Å². The second-order valence-corrected chi connectivity index (χ2v) is 5.14. The van der Waals surface area contributed by atoms with Crippen molar-refractivity contribution in [3.8, 4) is 0 Å². The Morgan fingerprint density at radius 2 is 1.28 bits per heavy atom. The second kappa shape index (κ2) is 6.58. The normalized spacial score (nSPS) is 11.0. The summed E-state index contributed by atoms with van der Waals surface area (Å²) >= 11 is 0. The van der Waals surface area contributed by atoms with Crippen molar-refractivity contribution in [2.24, 2.45) is 0 Å². The third-order valence-electron chi connectivity index (χ3n) is 3.67. The van der Waals surface area contributed by atoms with Crippen molar-refractivity contribution in [3.63, 3.8) is 0 Å². The van der Waals surface area contributed by atoms with Crippen molar-refractivity contribution in [2.45, 2.75) is 52.4 Å². The van der Waals surface area contributed by atoms with Crippen LogP contribution in [0.2, 0.25) is 0 Å². The summed E-state index contributed by atoms with van der Waals surface area (Å²) < 4.78 is 0. The Balaban J connectivity index is 2.34. The molecule has 18 heavy (non-hydrogen) atoms. The topological polar surface area (TPSA) is 0 Å². The van der Waals surface area contributed by atoms with Gasteiger partial charge in [-0.15, -0.1) is 0 Å². The summed E-state index contributed by atoms with van der Waals surface area (Å²) in [5.74, 6) is 0. The van der Waals surface area contributed by atoms with Crippen molar-refractivity contribution >= 4 is 10.8 Å². The van der Waals surface area contributed by atoms with E-state index in [0.717, 1.165) is 0 Å². The molecule has 0 aromatic heterocycles. The van der Waals surface area contributed by atoms with Crippen LogP contribution in [0.5, 0.6) is 0 Å². The fourth-order valence-corrected chi connectivity index (χ4v) is 2.69. The Hall–Kier alpha value is -1.30. The smallest absolute Gasteiger partial charge is 0.0149 e. The summed E-state index contributed by atoms with van der Waals surface area (Å²) in [7, 11) is 0. The Morgan fingerprint density at radius 3 is 1.83 bits per heavy atom. The molecule has 2 rings (SSSR count). The molecule has 0 aliphatic rings. The molecule has 0 heteroatoms. The summed E-state index contributed by atoms with van der Waals surface area (Å²) in [4.78, 5) is 0. The molecule has 0 fully saturated rings. The highest BCUT2D eigenvalue weighted by Gasteiger charge is 2.04. The summed E-state index contributed by atoms with van der Waals surface area (Å²) in [5.41, 5.74) is 3.03. The average molecular weight is 240 g/mol. The first-order valence-corrected chi connectivity index (χ1v) is 7.36. The first-order chi connectivity index (χ1) is 8.86. The van der Waals surface area contributed by atoms with Crippen LogP contribution >= 0.6 is 0 Å². The molecule has 0 spiro atoms. The summed E-state index contributed by atoms with van der Waals surface area (Å²) in [6.45, 7) is 4.52. The van der Waals surface area contributed by atoms with E-state index in [-0.39, 0.29) is 0 Å². The maximum absolute atomic E-state index is 2.35. The quantitative estimate of drug-likeness (QED) is 0.583. The largest absolute Gasteiger partial charge is 0.0654 e. The Labute approximate surface area is 111 Å². The molecule has 0 atom stereocenters. The van der Waals surface area contributed by atoms with Gasteiger partial charge >= 0.3 is 0 Å². The van der Waals surface area contributed by atoms with Crippen LogP contribution in [0, 0.1) is 0 Å². The van der Waals surface area contributed by atoms with Gasteiger partial charge in [-0.1, -0.05) is 69.5 Å². The molecule has 0 unspecified atom stereocenters. The zero-order chi connectivity index (χ0) is 12.8. The van der Waals surface area contributed by atoms with Crippen LogP contribution in [-0.2, 0) is 12.8 Å².